The lowest BCUT2D eigenvalue weighted by Crippen LogP contribution is -2.35. The van der Waals surface area contributed by atoms with Crippen molar-refractivity contribution in [2.45, 2.75) is 23.1 Å². The van der Waals surface area contributed by atoms with Crippen molar-refractivity contribution in [1.82, 2.24) is 0 Å². The van der Waals surface area contributed by atoms with Gasteiger partial charge in [0.25, 0.3) is 0 Å². The van der Waals surface area contributed by atoms with Crippen LogP contribution in [0.2, 0.25) is 0 Å². The molecule has 2 rings (SSSR count). The Kier molecular flexibility index (Phi) is 1.72. The molecule has 2 fully saturated rings. The summed E-state index contributed by atoms with van der Waals surface area (Å²) in [4.78, 5) is 0.339. The summed E-state index contributed by atoms with van der Waals surface area (Å²) in [5.41, 5.74) is 5.71. The molecule has 2 heterocycles. The number of nitrogens with two attached hydrogens (primary N) is 1. The Labute approximate surface area is 68.0 Å². The number of fused-ring (bicyclic) bond motifs is 1. The Morgan fingerprint density at radius 1 is 1.20 bits per heavy atom. The van der Waals surface area contributed by atoms with Crippen molar-refractivity contribution in [2.24, 2.45) is 5.73 Å². The highest BCUT2D eigenvalue weighted by molar-refractivity contribution is 9.09. The zero-order valence-corrected chi connectivity index (χ0v) is 7.08. The van der Waals surface area contributed by atoms with Gasteiger partial charge in [0.05, 0.1) is 24.1 Å². The smallest absolute Gasteiger partial charge is 0.102 e. The Morgan fingerprint density at radius 2 is 1.90 bits per heavy atom. The lowest BCUT2D eigenvalue weighted by atomic mass is 10.1. The second-order valence-electron chi connectivity index (χ2n) is 2.78. The molecule has 0 aliphatic carbocycles. The molecule has 0 amide bonds. The molecule has 0 aromatic carbocycles. The highest BCUT2D eigenvalue weighted by atomic mass is 79.9. The molecule has 3 nitrogen and oxygen atoms in total. The van der Waals surface area contributed by atoms with Gasteiger partial charge < -0.3 is 15.2 Å². The fourth-order valence-corrected chi connectivity index (χ4v) is 2.09. The van der Waals surface area contributed by atoms with Gasteiger partial charge in [-0.25, -0.2) is 0 Å². The minimum absolute atomic E-state index is 0.0764. The van der Waals surface area contributed by atoms with Crippen LogP contribution in [-0.2, 0) is 9.47 Å². The largest absolute Gasteiger partial charge is 0.372 e. The normalized spacial score (nSPS) is 53.4. The van der Waals surface area contributed by atoms with Crippen molar-refractivity contribution in [3.05, 3.63) is 0 Å². The SMILES string of the molecule is NC1CO[C@H]2[C@@H]1OC[C@@H]2Br. The third kappa shape index (κ3) is 0.906. The van der Waals surface area contributed by atoms with Gasteiger partial charge in [-0.05, 0) is 0 Å². The molecule has 4 heteroatoms. The van der Waals surface area contributed by atoms with Crippen LogP contribution in [0.4, 0.5) is 0 Å². The van der Waals surface area contributed by atoms with Gasteiger partial charge in [-0.1, -0.05) is 15.9 Å². The van der Waals surface area contributed by atoms with Gasteiger partial charge in [0.2, 0.25) is 0 Å². The van der Waals surface area contributed by atoms with Crippen molar-refractivity contribution < 1.29 is 9.47 Å². The van der Waals surface area contributed by atoms with E-state index in [1.165, 1.54) is 0 Å². The molecule has 2 aliphatic heterocycles. The molecule has 0 bridgehead atoms. The fraction of sp³-hybridized carbons (Fsp3) is 1.00. The molecule has 10 heavy (non-hydrogen) atoms. The molecule has 58 valence electrons. The van der Waals surface area contributed by atoms with Gasteiger partial charge in [0, 0.05) is 0 Å². The maximum absolute atomic E-state index is 5.71. The average Bonchev–Trinajstić information content (AvgIpc) is 2.41. The van der Waals surface area contributed by atoms with Gasteiger partial charge in [-0.3, -0.25) is 0 Å². The Balaban J connectivity index is 2.09. The van der Waals surface area contributed by atoms with E-state index < -0.39 is 0 Å². The van der Waals surface area contributed by atoms with Crippen molar-refractivity contribution in [2.75, 3.05) is 13.2 Å². The van der Waals surface area contributed by atoms with E-state index in [4.69, 9.17) is 15.2 Å². The molecule has 0 spiro atoms. The summed E-state index contributed by atoms with van der Waals surface area (Å²) in [6, 6.07) is 0.0764. The summed E-state index contributed by atoms with van der Waals surface area (Å²) in [6.45, 7) is 1.36. The van der Waals surface area contributed by atoms with E-state index in [-0.39, 0.29) is 18.2 Å². The topological polar surface area (TPSA) is 44.5 Å². The van der Waals surface area contributed by atoms with Crippen LogP contribution < -0.4 is 5.73 Å². The highest BCUT2D eigenvalue weighted by Crippen LogP contribution is 2.29. The summed E-state index contributed by atoms with van der Waals surface area (Å²) in [5.74, 6) is 0. The van der Waals surface area contributed by atoms with E-state index >= 15 is 0 Å². The molecule has 0 aromatic rings. The predicted molar refractivity (Wildman–Crippen MR) is 40.2 cm³/mol. The molecular weight excluding hydrogens is 198 g/mol. The molecule has 0 aromatic heterocycles. The highest BCUT2D eigenvalue weighted by Gasteiger charge is 2.44. The lowest BCUT2D eigenvalue weighted by molar-refractivity contribution is 0.0715. The van der Waals surface area contributed by atoms with Crippen LogP contribution in [0.5, 0.6) is 0 Å². The van der Waals surface area contributed by atoms with Gasteiger partial charge in [0.15, 0.2) is 0 Å². The third-order valence-corrected chi connectivity index (χ3v) is 2.82. The number of halogens is 1. The average molecular weight is 208 g/mol. The molecule has 1 unspecified atom stereocenters. The van der Waals surface area contributed by atoms with E-state index in [0.717, 1.165) is 6.61 Å². The minimum atomic E-state index is 0.0764. The number of alkyl halides is 1. The Morgan fingerprint density at radius 3 is 2.60 bits per heavy atom. The first-order valence-corrected chi connectivity index (χ1v) is 4.33. The van der Waals surface area contributed by atoms with Gasteiger partial charge in [0.1, 0.15) is 12.2 Å². The fourth-order valence-electron chi connectivity index (χ4n) is 1.48. The van der Waals surface area contributed by atoms with E-state index in [9.17, 15) is 0 Å². The van der Waals surface area contributed by atoms with Crippen LogP contribution in [-0.4, -0.2) is 36.3 Å². The lowest BCUT2D eigenvalue weighted by Gasteiger charge is -2.10. The number of hydrogen-bond donors (Lipinski definition) is 1. The molecule has 0 saturated carbocycles. The Bertz CT molecular complexity index is 128. The summed E-state index contributed by atoms with van der Waals surface area (Å²) in [5, 5.41) is 0. The zero-order valence-electron chi connectivity index (χ0n) is 5.50. The van der Waals surface area contributed by atoms with Crippen LogP contribution in [0, 0.1) is 0 Å². The molecular formula is C6H10BrNO2. The Hall–Kier alpha value is 0.360. The van der Waals surface area contributed by atoms with E-state index in [2.05, 4.69) is 15.9 Å². The van der Waals surface area contributed by atoms with Crippen LogP contribution in [0.3, 0.4) is 0 Å². The standard InChI is InChI=1S/C6H10BrNO2/c7-3-1-9-6-4(8)2-10-5(3)6/h3-6H,1-2,8H2/t3-,4?,5+,6+/m0/s1. The van der Waals surface area contributed by atoms with Crippen molar-refractivity contribution in [3.8, 4) is 0 Å². The van der Waals surface area contributed by atoms with Gasteiger partial charge in [-0.15, -0.1) is 0 Å². The number of rotatable bonds is 0. The number of ether oxygens (including phenoxy) is 2. The molecule has 4 atom stereocenters. The summed E-state index contributed by atoms with van der Waals surface area (Å²) in [6.07, 6.45) is 0.319. The predicted octanol–water partition coefficient (Wildman–Crippen LogP) is -0.125. The minimum Gasteiger partial charge on any atom is -0.372 e. The first kappa shape index (κ1) is 7.03. The third-order valence-electron chi connectivity index (χ3n) is 2.03. The van der Waals surface area contributed by atoms with E-state index in [1.807, 2.05) is 0 Å². The first-order chi connectivity index (χ1) is 4.79. The molecule has 0 radical (unpaired) electrons. The van der Waals surface area contributed by atoms with Gasteiger partial charge >= 0.3 is 0 Å². The second kappa shape index (κ2) is 2.44. The monoisotopic (exact) mass is 207 g/mol. The maximum Gasteiger partial charge on any atom is 0.102 e. The van der Waals surface area contributed by atoms with Crippen molar-refractivity contribution in [1.29, 1.82) is 0 Å². The quantitative estimate of drug-likeness (QED) is 0.564. The van der Waals surface area contributed by atoms with Crippen molar-refractivity contribution >= 4 is 15.9 Å². The van der Waals surface area contributed by atoms with Crippen LogP contribution in [0.1, 0.15) is 0 Å². The second-order valence-corrected chi connectivity index (χ2v) is 3.95. The van der Waals surface area contributed by atoms with Crippen LogP contribution >= 0.6 is 15.9 Å². The summed E-state index contributed by atoms with van der Waals surface area (Å²) < 4.78 is 10.8. The number of hydrogen-bond acceptors (Lipinski definition) is 3. The van der Waals surface area contributed by atoms with Crippen molar-refractivity contribution in [3.63, 3.8) is 0 Å². The van der Waals surface area contributed by atoms with E-state index in [1.54, 1.807) is 0 Å². The molecule has 2 aliphatic rings. The maximum atomic E-state index is 5.71. The summed E-state index contributed by atoms with van der Waals surface area (Å²) >= 11 is 3.47. The first-order valence-electron chi connectivity index (χ1n) is 3.42. The summed E-state index contributed by atoms with van der Waals surface area (Å²) in [7, 11) is 0. The molecule has 2 N–H and O–H groups in total. The zero-order chi connectivity index (χ0) is 7.14. The van der Waals surface area contributed by atoms with Gasteiger partial charge in [-0.2, -0.15) is 0 Å². The van der Waals surface area contributed by atoms with E-state index in [0.29, 0.717) is 11.4 Å². The van der Waals surface area contributed by atoms with Crippen LogP contribution in [0.25, 0.3) is 0 Å². The van der Waals surface area contributed by atoms with Crippen LogP contribution in [0.15, 0.2) is 0 Å². The molecule has 2 saturated heterocycles.